The zero-order valence-electron chi connectivity index (χ0n) is 14.1. The van der Waals surface area contributed by atoms with E-state index in [1.165, 1.54) is 63.7 Å². The summed E-state index contributed by atoms with van der Waals surface area (Å²) in [5.74, 6) is 3.71. The van der Waals surface area contributed by atoms with E-state index in [4.69, 9.17) is 9.47 Å². The Bertz CT molecular complexity index is 612. The van der Waals surface area contributed by atoms with Crippen molar-refractivity contribution in [1.82, 2.24) is 4.90 Å². The topological polar surface area (TPSA) is 21.7 Å². The van der Waals surface area contributed by atoms with Crippen molar-refractivity contribution in [2.24, 2.45) is 11.8 Å². The van der Waals surface area contributed by atoms with Gasteiger partial charge in [-0.15, -0.1) is 0 Å². The second-order valence-corrected chi connectivity index (χ2v) is 8.06. The number of likely N-dealkylation sites (tertiary alicyclic amines) is 1. The van der Waals surface area contributed by atoms with Gasteiger partial charge in [0.2, 0.25) is 0 Å². The summed E-state index contributed by atoms with van der Waals surface area (Å²) >= 11 is 0. The summed E-state index contributed by atoms with van der Waals surface area (Å²) in [6.07, 6.45) is 8.42. The number of hydrogen-bond donors (Lipinski definition) is 0. The van der Waals surface area contributed by atoms with Crippen molar-refractivity contribution < 1.29 is 9.47 Å². The van der Waals surface area contributed by atoms with Crippen LogP contribution in [0, 0.1) is 11.8 Å². The van der Waals surface area contributed by atoms with Gasteiger partial charge in [-0.3, -0.25) is 0 Å². The van der Waals surface area contributed by atoms with E-state index in [9.17, 15) is 0 Å². The fourth-order valence-corrected chi connectivity index (χ4v) is 5.52. The highest BCUT2D eigenvalue weighted by Gasteiger charge is 2.57. The Labute approximate surface area is 139 Å². The highest BCUT2D eigenvalue weighted by molar-refractivity contribution is 5.55. The summed E-state index contributed by atoms with van der Waals surface area (Å²) in [5, 5.41) is 0. The van der Waals surface area contributed by atoms with Gasteiger partial charge >= 0.3 is 0 Å². The average Bonchev–Trinajstić information content (AvgIpc) is 3.33. The van der Waals surface area contributed by atoms with Crippen molar-refractivity contribution in [3.05, 3.63) is 23.8 Å². The number of ether oxygens (including phenoxy) is 2. The van der Waals surface area contributed by atoms with Gasteiger partial charge in [0.1, 0.15) is 6.10 Å². The maximum atomic E-state index is 6.48. The van der Waals surface area contributed by atoms with Gasteiger partial charge in [0.25, 0.3) is 0 Å². The number of hydrogen-bond acceptors (Lipinski definition) is 3. The average molecular weight is 313 g/mol. The Morgan fingerprint density at radius 1 is 1.26 bits per heavy atom. The van der Waals surface area contributed by atoms with E-state index in [1.54, 1.807) is 7.11 Å². The summed E-state index contributed by atoms with van der Waals surface area (Å²) in [6, 6.07) is 6.51. The van der Waals surface area contributed by atoms with Gasteiger partial charge in [-0.25, -0.2) is 0 Å². The summed E-state index contributed by atoms with van der Waals surface area (Å²) in [4.78, 5) is 2.74. The van der Waals surface area contributed by atoms with Crippen molar-refractivity contribution in [2.75, 3.05) is 26.7 Å². The minimum absolute atomic E-state index is 0.252. The molecule has 0 N–H and O–H groups in total. The van der Waals surface area contributed by atoms with Crippen LogP contribution in [0.4, 0.5) is 0 Å². The molecule has 2 heterocycles. The third-order valence-corrected chi connectivity index (χ3v) is 6.82. The third kappa shape index (κ3) is 2.05. The molecular weight excluding hydrogens is 286 g/mol. The van der Waals surface area contributed by atoms with Gasteiger partial charge in [0.05, 0.1) is 7.11 Å². The van der Waals surface area contributed by atoms with E-state index in [0.717, 1.165) is 23.3 Å². The molecular formula is C20H27NO2. The number of para-hydroxylation sites is 1. The number of methoxy groups -OCH3 is 1. The molecule has 3 nitrogen and oxygen atoms in total. The molecule has 0 aromatic heterocycles. The van der Waals surface area contributed by atoms with Crippen LogP contribution < -0.4 is 9.47 Å². The minimum atomic E-state index is 0.252. The van der Waals surface area contributed by atoms with Crippen LogP contribution in [0.3, 0.4) is 0 Å². The number of nitrogens with zero attached hydrogens (tertiary/aromatic N) is 1. The van der Waals surface area contributed by atoms with E-state index < -0.39 is 0 Å². The molecule has 1 aromatic carbocycles. The van der Waals surface area contributed by atoms with Crippen molar-refractivity contribution in [1.29, 1.82) is 0 Å². The molecule has 1 aromatic rings. The predicted octanol–water partition coefficient (Wildman–Crippen LogP) is 3.61. The van der Waals surface area contributed by atoms with Crippen molar-refractivity contribution >= 4 is 0 Å². The third-order valence-electron chi connectivity index (χ3n) is 6.82. The van der Waals surface area contributed by atoms with Gasteiger partial charge in [0.15, 0.2) is 11.5 Å². The maximum absolute atomic E-state index is 6.48. The Balaban J connectivity index is 1.51. The number of fused-ring (bicyclic) bond motifs is 1. The largest absolute Gasteiger partial charge is 0.493 e. The molecule has 5 rings (SSSR count). The highest BCUT2D eigenvalue weighted by atomic mass is 16.5. The van der Waals surface area contributed by atoms with E-state index >= 15 is 0 Å². The van der Waals surface area contributed by atoms with Crippen LogP contribution in [0.25, 0.3) is 0 Å². The van der Waals surface area contributed by atoms with E-state index in [-0.39, 0.29) is 5.41 Å². The molecule has 2 saturated carbocycles. The van der Waals surface area contributed by atoms with Crippen LogP contribution in [0.15, 0.2) is 18.2 Å². The first kappa shape index (κ1) is 14.2. The molecule has 1 spiro atoms. The van der Waals surface area contributed by atoms with Gasteiger partial charge < -0.3 is 14.4 Å². The molecule has 2 aliphatic heterocycles. The molecule has 3 fully saturated rings. The van der Waals surface area contributed by atoms with Gasteiger partial charge in [0, 0.05) is 24.1 Å². The lowest BCUT2D eigenvalue weighted by Crippen LogP contribution is -2.56. The molecule has 0 bridgehead atoms. The SMILES string of the molecule is COc1cccc2c1OC1CCCC3CN(CC4CC4)CCC231. The van der Waals surface area contributed by atoms with Crippen LogP contribution in [-0.2, 0) is 5.41 Å². The number of rotatable bonds is 3. The lowest BCUT2D eigenvalue weighted by molar-refractivity contribution is -0.00838. The molecule has 1 saturated heterocycles. The van der Waals surface area contributed by atoms with Crippen LogP contribution >= 0.6 is 0 Å². The lowest BCUT2D eigenvalue weighted by atomic mass is 9.58. The fraction of sp³-hybridized carbons (Fsp3) is 0.700. The molecule has 3 heteroatoms. The van der Waals surface area contributed by atoms with Crippen molar-refractivity contribution in [3.8, 4) is 11.5 Å². The first-order chi connectivity index (χ1) is 11.3. The fourth-order valence-electron chi connectivity index (χ4n) is 5.52. The zero-order chi connectivity index (χ0) is 15.4. The van der Waals surface area contributed by atoms with Gasteiger partial charge in [-0.05, 0) is 63.0 Å². The van der Waals surface area contributed by atoms with Crippen LogP contribution in [-0.4, -0.2) is 37.7 Å². The smallest absolute Gasteiger partial charge is 0.165 e. The minimum Gasteiger partial charge on any atom is -0.493 e. The summed E-state index contributed by atoms with van der Waals surface area (Å²) in [7, 11) is 1.76. The van der Waals surface area contributed by atoms with Gasteiger partial charge in [-0.2, -0.15) is 0 Å². The zero-order valence-corrected chi connectivity index (χ0v) is 14.1. The molecule has 23 heavy (non-hydrogen) atoms. The van der Waals surface area contributed by atoms with Gasteiger partial charge in [-0.1, -0.05) is 12.1 Å². The van der Waals surface area contributed by atoms with Crippen molar-refractivity contribution in [3.63, 3.8) is 0 Å². The molecule has 3 atom stereocenters. The van der Waals surface area contributed by atoms with Crippen LogP contribution in [0.1, 0.15) is 44.1 Å². The predicted molar refractivity (Wildman–Crippen MR) is 90.2 cm³/mol. The van der Waals surface area contributed by atoms with Crippen molar-refractivity contribution in [2.45, 2.75) is 50.0 Å². The Morgan fingerprint density at radius 3 is 3.00 bits per heavy atom. The maximum Gasteiger partial charge on any atom is 0.165 e. The monoisotopic (exact) mass is 313 g/mol. The molecule has 0 amide bonds. The molecule has 0 radical (unpaired) electrons. The van der Waals surface area contributed by atoms with Crippen LogP contribution in [0.5, 0.6) is 11.5 Å². The summed E-state index contributed by atoms with van der Waals surface area (Å²) in [6.45, 7) is 3.85. The van der Waals surface area contributed by atoms with E-state index in [1.807, 2.05) is 6.07 Å². The molecule has 3 unspecified atom stereocenters. The first-order valence-corrected chi connectivity index (χ1v) is 9.38. The Morgan fingerprint density at radius 2 is 2.17 bits per heavy atom. The number of benzene rings is 1. The summed E-state index contributed by atoms with van der Waals surface area (Å²) < 4.78 is 12.1. The second-order valence-electron chi connectivity index (χ2n) is 8.06. The molecule has 4 aliphatic rings. The normalized spacial score (nSPS) is 35.9. The summed E-state index contributed by atoms with van der Waals surface area (Å²) in [5.41, 5.74) is 1.69. The Hall–Kier alpha value is -1.22. The van der Waals surface area contributed by atoms with E-state index in [2.05, 4.69) is 17.0 Å². The number of piperidine rings is 1. The highest BCUT2D eigenvalue weighted by Crippen LogP contribution is 2.58. The quantitative estimate of drug-likeness (QED) is 0.851. The second kappa shape index (κ2) is 5.14. The molecule has 2 aliphatic carbocycles. The molecule has 124 valence electrons. The Kier molecular flexibility index (Phi) is 3.16. The van der Waals surface area contributed by atoms with E-state index in [0.29, 0.717) is 6.10 Å². The van der Waals surface area contributed by atoms with Crippen LogP contribution in [0.2, 0.25) is 0 Å². The lowest BCUT2D eigenvalue weighted by Gasteiger charge is -2.51. The first-order valence-electron chi connectivity index (χ1n) is 9.38. The standard InChI is InChI=1S/C20H27NO2/c1-22-17-6-3-5-16-19(17)23-18-7-2-4-15-13-21(12-14-8-9-14)11-10-20(15,16)18/h3,5-6,14-15,18H,2,4,7-13H2,1H3.